The van der Waals surface area contributed by atoms with E-state index in [2.05, 4.69) is 4.18 Å². The van der Waals surface area contributed by atoms with Crippen molar-refractivity contribution in [2.75, 3.05) is 0 Å². The first kappa shape index (κ1) is 17.7. The van der Waals surface area contributed by atoms with E-state index in [4.69, 9.17) is 0 Å². The molecule has 0 aromatic heterocycles. The van der Waals surface area contributed by atoms with Crippen LogP contribution in [0.25, 0.3) is 0 Å². The highest BCUT2D eigenvalue weighted by molar-refractivity contribution is 7.87. The van der Waals surface area contributed by atoms with E-state index in [1.807, 2.05) is 0 Å². The lowest BCUT2D eigenvalue weighted by Crippen LogP contribution is -2.15. The molecular weight excluding hydrogens is 351 g/mol. The van der Waals surface area contributed by atoms with Crippen LogP contribution in [0.15, 0.2) is 47.4 Å². The van der Waals surface area contributed by atoms with Crippen molar-refractivity contribution >= 4 is 15.8 Å². The van der Waals surface area contributed by atoms with E-state index in [0.717, 1.165) is 30.3 Å². The molecule has 0 bridgehead atoms. The van der Waals surface area contributed by atoms with E-state index in [1.54, 1.807) is 0 Å². The number of hydrogen-bond donors (Lipinski definition) is 0. The van der Waals surface area contributed by atoms with Crippen LogP contribution in [-0.2, 0) is 16.3 Å². The molecule has 24 heavy (non-hydrogen) atoms. The molecule has 0 aliphatic heterocycles. The second-order valence-corrected chi connectivity index (χ2v) is 6.20. The van der Waals surface area contributed by atoms with Crippen LogP contribution in [-0.4, -0.2) is 13.3 Å². The second-order valence-electron chi connectivity index (χ2n) is 4.69. The molecule has 0 heterocycles. The van der Waals surface area contributed by atoms with E-state index in [1.165, 1.54) is 13.0 Å². The zero-order valence-corrected chi connectivity index (χ0v) is 12.9. The Hall–Kier alpha value is -2.62. The lowest BCUT2D eigenvalue weighted by atomic mass is 10.2. The molecule has 2 aromatic carbocycles. The molecule has 0 radical (unpaired) electrons. The van der Waals surface area contributed by atoms with Gasteiger partial charge in [-0.05, 0) is 25.1 Å². The lowest BCUT2D eigenvalue weighted by molar-refractivity contribution is -0.385. The van der Waals surface area contributed by atoms with Crippen LogP contribution in [0.4, 0.5) is 18.9 Å². The summed E-state index contributed by atoms with van der Waals surface area (Å²) in [5, 5.41) is 10.9. The zero-order chi connectivity index (χ0) is 18.1. The van der Waals surface area contributed by atoms with Crippen LogP contribution in [0, 0.1) is 17.0 Å². The average Bonchev–Trinajstić information content (AvgIpc) is 2.45. The third-order valence-corrected chi connectivity index (χ3v) is 4.49. The van der Waals surface area contributed by atoms with Crippen molar-refractivity contribution in [2.45, 2.75) is 18.0 Å². The molecule has 0 aliphatic rings. The minimum absolute atomic E-state index is 0.230. The summed E-state index contributed by atoms with van der Waals surface area (Å²) in [4.78, 5) is 9.50. The highest BCUT2D eigenvalue weighted by atomic mass is 32.2. The molecule has 0 amide bonds. The molecule has 128 valence electrons. The molecule has 0 unspecified atom stereocenters. The Morgan fingerprint density at radius 3 is 2.29 bits per heavy atom. The fourth-order valence-electron chi connectivity index (χ4n) is 2.01. The first-order chi connectivity index (χ1) is 11.0. The number of rotatable bonds is 4. The molecule has 6 nitrogen and oxygen atoms in total. The van der Waals surface area contributed by atoms with Gasteiger partial charge in [-0.2, -0.15) is 21.6 Å². The summed E-state index contributed by atoms with van der Waals surface area (Å²) < 4.78 is 67.9. The van der Waals surface area contributed by atoms with Gasteiger partial charge >= 0.3 is 16.3 Å². The molecule has 0 aliphatic carbocycles. The van der Waals surface area contributed by atoms with Crippen LogP contribution in [0.5, 0.6) is 5.75 Å². The average molecular weight is 361 g/mol. The fourth-order valence-corrected chi connectivity index (χ4v) is 3.20. The van der Waals surface area contributed by atoms with E-state index >= 15 is 0 Å². The Balaban J connectivity index is 2.52. The van der Waals surface area contributed by atoms with Gasteiger partial charge in [0.05, 0.1) is 10.5 Å². The van der Waals surface area contributed by atoms with Crippen LogP contribution >= 0.6 is 0 Å². The van der Waals surface area contributed by atoms with Gasteiger partial charge in [0, 0.05) is 11.6 Å². The Labute approximate surface area is 134 Å². The van der Waals surface area contributed by atoms with Crippen molar-refractivity contribution in [2.24, 2.45) is 0 Å². The number of benzene rings is 2. The quantitative estimate of drug-likeness (QED) is 0.471. The zero-order valence-electron chi connectivity index (χ0n) is 12.1. The second kappa shape index (κ2) is 6.11. The maximum Gasteiger partial charge on any atom is 0.420 e. The Kier molecular flexibility index (Phi) is 4.52. The van der Waals surface area contributed by atoms with Crippen molar-refractivity contribution in [3.8, 4) is 5.75 Å². The smallest absolute Gasteiger partial charge is 0.378 e. The fraction of sp³-hybridized carbons (Fsp3) is 0.143. The van der Waals surface area contributed by atoms with Gasteiger partial charge in [-0.3, -0.25) is 10.1 Å². The van der Waals surface area contributed by atoms with Crippen LogP contribution in [0.3, 0.4) is 0 Å². The highest BCUT2D eigenvalue weighted by Gasteiger charge is 2.36. The Morgan fingerprint density at radius 1 is 1.08 bits per heavy atom. The Bertz CT molecular complexity index is 894. The van der Waals surface area contributed by atoms with Gasteiger partial charge in [-0.1, -0.05) is 18.2 Å². The summed E-state index contributed by atoms with van der Waals surface area (Å²) in [6, 6.07) is 7.00. The topological polar surface area (TPSA) is 86.5 Å². The lowest BCUT2D eigenvalue weighted by Gasteiger charge is -2.14. The number of nitrogens with zero attached hydrogens (tertiary/aromatic N) is 1. The minimum atomic E-state index is -4.82. The van der Waals surface area contributed by atoms with Crippen molar-refractivity contribution < 1.29 is 30.7 Å². The van der Waals surface area contributed by atoms with Crippen LogP contribution < -0.4 is 4.18 Å². The van der Waals surface area contributed by atoms with Crippen molar-refractivity contribution in [1.29, 1.82) is 0 Å². The van der Waals surface area contributed by atoms with Crippen molar-refractivity contribution in [3.05, 3.63) is 63.7 Å². The normalized spacial score (nSPS) is 12.0. The molecule has 2 aromatic rings. The summed E-state index contributed by atoms with van der Waals surface area (Å²) in [7, 11) is -4.69. The van der Waals surface area contributed by atoms with Gasteiger partial charge in [0.15, 0.2) is 5.75 Å². The van der Waals surface area contributed by atoms with E-state index in [0.29, 0.717) is 6.07 Å². The molecule has 10 heteroatoms. The first-order valence-corrected chi connectivity index (χ1v) is 7.79. The van der Waals surface area contributed by atoms with Crippen LogP contribution in [0.2, 0.25) is 0 Å². The molecule has 0 fully saturated rings. The first-order valence-electron chi connectivity index (χ1n) is 6.39. The number of hydrogen-bond acceptors (Lipinski definition) is 5. The van der Waals surface area contributed by atoms with E-state index in [-0.39, 0.29) is 5.56 Å². The third-order valence-electron chi connectivity index (χ3n) is 3.11. The summed E-state index contributed by atoms with van der Waals surface area (Å²) in [6.07, 6.45) is -4.82. The predicted molar refractivity (Wildman–Crippen MR) is 77.1 cm³/mol. The third kappa shape index (κ3) is 3.48. The standard InChI is InChI=1S/C14H10F3NO5S/c1-9-11(18(19)20)6-4-8-13(9)24(21,22)23-12-7-3-2-5-10(12)14(15,16)17/h2-8H,1H3. The van der Waals surface area contributed by atoms with Gasteiger partial charge in [0.2, 0.25) is 0 Å². The molecule has 0 spiro atoms. The largest absolute Gasteiger partial charge is 0.420 e. The maximum absolute atomic E-state index is 12.9. The van der Waals surface area contributed by atoms with E-state index < -0.39 is 43.1 Å². The summed E-state index contributed by atoms with van der Waals surface area (Å²) in [5.41, 5.74) is -1.98. The van der Waals surface area contributed by atoms with Gasteiger partial charge in [-0.15, -0.1) is 0 Å². The summed E-state index contributed by atoms with van der Waals surface area (Å²) in [5.74, 6) is -0.907. The maximum atomic E-state index is 12.9. The summed E-state index contributed by atoms with van der Waals surface area (Å²) in [6.45, 7) is 1.17. The number of para-hydroxylation sites is 1. The highest BCUT2D eigenvalue weighted by Crippen LogP contribution is 2.37. The monoisotopic (exact) mass is 361 g/mol. The van der Waals surface area contributed by atoms with Crippen LogP contribution in [0.1, 0.15) is 11.1 Å². The van der Waals surface area contributed by atoms with Gasteiger partial charge < -0.3 is 4.18 Å². The molecule has 0 atom stereocenters. The Morgan fingerprint density at radius 2 is 1.71 bits per heavy atom. The molecule has 0 N–H and O–H groups in total. The van der Waals surface area contributed by atoms with E-state index in [9.17, 15) is 31.7 Å². The summed E-state index contributed by atoms with van der Waals surface area (Å²) >= 11 is 0. The van der Waals surface area contributed by atoms with Gasteiger partial charge in [-0.25, -0.2) is 0 Å². The SMILES string of the molecule is Cc1c([N+](=O)[O-])cccc1S(=O)(=O)Oc1ccccc1C(F)(F)F. The molecule has 0 saturated heterocycles. The number of nitro benzene ring substituents is 1. The number of nitro groups is 1. The minimum Gasteiger partial charge on any atom is -0.378 e. The number of alkyl halides is 3. The van der Waals surface area contributed by atoms with Crippen molar-refractivity contribution in [1.82, 2.24) is 0 Å². The predicted octanol–water partition coefficient (Wildman–Crippen LogP) is 3.69. The number of halogens is 3. The van der Waals surface area contributed by atoms with Gasteiger partial charge in [0.25, 0.3) is 5.69 Å². The molecule has 0 saturated carbocycles. The molecular formula is C14H10F3NO5S. The van der Waals surface area contributed by atoms with Crippen molar-refractivity contribution in [3.63, 3.8) is 0 Å². The molecule has 2 rings (SSSR count). The van der Waals surface area contributed by atoms with Gasteiger partial charge in [0.1, 0.15) is 4.90 Å².